The molecular formula is C24H18N6OS. The van der Waals surface area contributed by atoms with Gasteiger partial charge in [0.2, 0.25) is 0 Å². The molecule has 6 aromatic rings. The highest BCUT2D eigenvalue weighted by molar-refractivity contribution is 7.15. The second-order valence-electron chi connectivity index (χ2n) is 7.51. The van der Waals surface area contributed by atoms with Gasteiger partial charge in [0.1, 0.15) is 11.4 Å². The zero-order valence-electron chi connectivity index (χ0n) is 17.4. The minimum absolute atomic E-state index is 0.691. The van der Waals surface area contributed by atoms with Gasteiger partial charge in [-0.05, 0) is 43.3 Å². The molecule has 32 heavy (non-hydrogen) atoms. The van der Waals surface area contributed by atoms with E-state index in [-0.39, 0.29) is 0 Å². The van der Waals surface area contributed by atoms with Crippen LogP contribution in [0.3, 0.4) is 0 Å². The fraction of sp³-hybridized carbons (Fsp3) is 0.0833. The highest BCUT2D eigenvalue weighted by Gasteiger charge is 2.16. The molecule has 0 saturated heterocycles. The van der Waals surface area contributed by atoms with Gasteiger partial charge in [0.15, 0.2) is 0 Å². The number of fused-ring (bicyclic) bond motifs is 2. The van der Waals surface area contributed by atoms with Gasteiger partial charge >= 0.3 is 0 Å². The van der Waals surface area contributed by atoms with E-state index in [9.17, 15) is 0 Å². The molecule has 0 saturated carbocycles. The molecule has 0 aliphatic rings. The Hall–Kier alpha value is -4.04. The van der Waals surface area contributed by atoms with Crippen molar-refractivity contribution in [1.29, 1.82) is 0 Å². The summed E-state index contributed by atoms with van der Waals surface area (Å²) in [5.74, 6) is 0.691. The van der Waals surface area contributed by atoms with Crippen LogP contribution in [0.1, 0.15) is 4.88 Å². The summed E-state index contributed by atoms with van der Waals surface area (Å²) in [4.78, 5) is 19.4. The number of ether oxygens (including phenoxy) is 1. The highest BCUT2D eigenvalue weighted by atomic mass is 32.1. The average molecular weight is 439 g/mol. The molecule has 2 N–H and O–H groups in total. The highest BCUT2D eigenvalue weighted by Crippen LogP contribution is 2.36. The fourth-order valence-corrected chi connectivity index (χ4v) is 4.77. The van der Waals surface area contributed by atoms with Crippen LogP contribution in [-0.4, -0.2) is 37.2 Å². The van der Waals surface area contributed by atoms with Crippen LogP contribution in [0.4, 0.5) is 0 Å². The second-order valence-corrected chi connectivity index (χ2v) is 8.80. The summed E-state index contributed by atoms with van der Waals surface area (Å²) in [5, 5.41) is 9.73. The van der Waals surface area contributed by atoms with E-state index in [0.717, 1.165) is 55.0 Å². The SMILES string of the molecule is COc1cncc(-c2cc3c(-c4cc5c(-c6ccc(C)s6)nccc5[nH]4)n[nH]c3cn2)c1. The summed E-state index contributed by atoms with van der Waals surface area (Å²) in [5.41, 5.74) is 6.32. The number of methoxy groups -OCH3 is 1. The predicted molar refractivity (Wildman–Crippen MR) is 127 cm³/mol. The van der Waals surface area contributed by atoms with Crippen molar-refractivity contribution < 1.29 is 4.74 Å². The van der Waals surface area contributed by atoms with Crippen molar-refractivity contribution in [3.8, 4) is 39.0 Å². The van der Waals surface area contributed by atoms with Gasteiger partial charge in [-0.15, -0.1) is 11.3 Å². The van der Waals surface area contributed by atoms with Crippen molar-refractivity contribution in [2.45, 2.75) is 6.92 Å². The molecule has 0 unspecified atom stereocenters. The second kappa shape index (κ2) is 7.28. The van der Waals surface area contributed by atoms with Crippen LogP contribution in [-0.2, 0) is 0 Å². The van der Waals surface area contributed by atoms with E-state index in [1.807, 2.05) is 24.4 Å². The van der Waals surface area contributed by atoms with Crippen molar-refractivity contribution in [1.82, 2.24) is 30.1 Å². The van der Waals surface area contributed by atoms with E-state index >= 15 is 0 Å². The van der Waals surface area contributed by atoms with Crippen molar-refractivity contribution >= 4 is 33.1 Å². The van der Waals surface area contributed by atoms with Crippen molar-refractivity contribution in [2.75, 3.05) is 7.11 Å². The zero-order valence-corrected chi connectivity index (χ0v) is 18.2. The van der Waals surface area contributed by atoms with Crippen molar-refractivity contribution in [3.63, 3.8) is 0 Å². The Kier molecular flexibility index (Phi) is 4.26. The monoisotopic (exact) mass is 438 g/mol. The molecule has 156 valence electrons. The summed E-state index contributed by atoms with van der Waals surface area (Å²) >= 11 is 1.74. The van der Waals surface area contributed by atoms with E-state index in [4.69, 9.17) is 4.74 Å². The first-order valence-electron chi connectivity index (χ1n) is 10.1. The molecule has 0 amide bonds. The number of hydrogen-bond acceptors (Lipinski definition) is 6. The third-order valence-electron chi connectivity index (χ3n) is 5.47. The molecule has 0 spiro atoms. The molecular weight excluding hydrogens is 420 g/mol. The molecule has 0 fully saturated rings. The normalized spacial score (nSPS) is 11.4. The van der Waals surface area contributed by atoms with Gasteiger partial charge in [-0.3, -0.25) is 20.1 Å². The number of pyridine rings is 3. The number of aryl methyl sites for hydroxylation is 1. The molecule has 0 aliphatic heterocycles. The number of thiophene rings is 1. The first kappa shape index (κ1) is 18.7. The maximum Gasteiger partial charge on any atom is 0.137 e. The van der Waals surface area contributed by atoms with Crippen molar-refractivity contribution in [2.24, 2.45) is 0 Å². The van der Waals surface area contributed by atoms with E-state index in [1.54, 1.807) is 37.0 Å². The molecule has 0 bridgehead atoms. The summed E-state index contributed by atoms with van der Waals surface area (Å²) in [6, 6.07) is 12.3. The average Bonchev–Trinajstić information content (AvgIpc) is 3.55. The molecule has 7 nitrogen and oxygen atoms in total. The quantitative estimate of drug-likeness (QED) is 0.373. The Morgan fingerprint density at radius 3 is 2.66 bits per heavy atom. The molecule has 6 rings (SSSR count). The minimum Gasteiger partial charge on any atom is -0.495 e. The summed E-state index contributed by atoms with van der Waals surface area (Å²) in [6.45, 7) is 2.11. The van der Waals surface area contributed by atoms with E-state index in [2.05, 4.69) is 55.3 Å². The van der Waals surface area contributed by atoms with Gasteiger partial charge in [-0.25, -0.2) is 0 Å². The van der Waals surface area contributed by atoms with Gasteiger partial charge in [0.25, 0.3) is 0 Å². The standard InChI is InChI=1S/C24H18N6OS/c1-13-3-4-22(32-13)24-16-9-20(28-18(16)5-6-26-24)23-17-8-19(27-12-21(17)29-30-23)14-7-15(31-2)11-25-10-14/h3-12,28H,1-2H3,(H,29,30). The van der Waals surface area contributed by atoms with Gasteiger partial charge in [0, 0.05) is 39.1 Å². The lowest BCUT2D eigenvalue weighted by Crippen LogP contribution is -1.88. The topological polar surface area (TPSA) is 92.4 Å². The maximum absolute atomic E-state index is 5.31. The molecule has 0 atom stereocenters. The van der Waals surface area contributed by atoms with Gasteiger partial charge in [0.05, 0.1) is 47.0 Å². The number of aromatic nitrogens is 6. The number of nitrogens with zero attached hydrogens (tertiary/aromatic N) is 4. The van der Waals surface area contributed by atoms with Gasteiger partial charge in [-0.2, -0.15) is 5.10 Å². The number of aromatic amines is 2. The van der Waals surface area contributed by atoms with Crippen LogP contribution in [0.15, 0.2) is 61.2 Å². The lowest BCUT2D eigenvalue weighted by atomic mass is 10.1. The van der Waals surface area contributed by atoms with Crippen molar-refractivity contribution in [3.05, 3.63) is 66.1 Å². The molecule has 8 heteroatoms. The number of nitrogens with one attached hydrogen (secondary N) is 2. The summed E-state index contributed by atoms with van der Waals surface area (Å²) < 4.78 is 5.31. The predicted octanol–water partition coefficient (Wildman–Crippen LogP) is 5.61. The maximum atomic E-state index is 5.31. The van der Waals surface area contributed by atoms with Crippen LogP contribution >= 0.6 is 11.3 Å². The smallest absolute Gasteiger partial charge is 0.137 e. The Morgan fingerprint density at radius 1 is 0.906 bits per heavy atom. The van der Waals surface area contributed by atoms with Crippen LogP contribution in [0.5, 0.6) is 5.75 Å². The third kappa shape index (κ3) is 3.04. The van der Waals surface area contributed by atoms with E-state index < -0.39 is 0 Å². The third-order valence-corrected chi connectivity index (χ3v) is 6.48. The lowest BCUT2D eigenvalue weighted by molar-refractivity contribution is 0.413. The number of H-pyrrole nitrogens is 2. The molecule has 0 aromatic carbocycles. The van der Waals surface area contributed by atoms with E-state index in [0.29, 0.717) is 5.75 Å². The van der Waals surface area contributed by atoms with Crippen LogP contribution in [0, 0.1) is 6.92 Å². The minimum atomic E-state index is 0.691. The molecule has 0 radical (unpaired) electrons. The summed E-state index contributed by atoms with van der Waals surface area (Å²) in [6.07, 6.45) is 7.09. The Balaban J connectivity index is 1.49. The van der Waals surface area contributed by atoms with Crippen LogP contribution in [0.25, 0.3) is 55.0 Å². The van der Waals surface area contributed by atoms with Gasteiger partial charge < -0.3 is 9.72 Å². The largest absolute Gasteiger partial charge is 0.495 e. The Morgan fingerprint density at radius 2 is 1.81 bits per heavy atom. The lowest BCUT2D eigenvalue weighted by Gasteiger charge is -2.04. The molecule has 6 aromatic heterocycles. The van der Waals surface area contributed by atoms with E-state index in [1.165, 1.54) is 4.88 Å². The van der Waals surface area contributed by atoms with Crippen LogP contribution in [0.2, 0.25) is 0 Å². The fourth-order valence-electron chi connectivity index (χ4n) is 3.89. The first-order valence-corrected chi connectivity index (χ1v) is 10.9. The number of hydrogen-bond donors (Lipinski definition) is 2. The number of rotatable bonds is 4. The Labute approximate surface area is 187 Å². The zero-order chi connectivity index (χ0) is 21.7. The molecule has 6 heterocycles. The molecule has 0 aliphatic carbocycles. The van der Waals surface area contributed by atoms with Crippen LogP contribution < -0.4 is 4.74 Å². The Bertz CT molecular complexity index is 1600. The summed E-state index contributed by atoms with van der Waals surface area (Å²) in [7, 11) is 1.63. The first-order chi connectivity index (χ1) is 15.7. The van der Waals surface area contributed by atoms with Gasteiger partial charge in [-0.1, -0.05) is 0 Å².